The molecule has 0 aromatic carbocycles. The molecule has 0 saturated heterocycles. The lowest BCUT2D eigenvalue weighted by Crippen LogP contribution is -2.30. The van der Waals surface area contributed by atoms with E-state index in [9.17, 15) is 14.4 Å². The van der Waals surface area contributed by atoms with Crippen LogP contribution in [0.4, 0.5) is 0 Å². The Labute approximate surface area is 484 Å². The van der Waals surface area contributed by atoms with Crippen molar-refractivity contribution in [2.75, 3.05) is 13.2 Å². The summed E-state index contributed by atoms with van der Waals surface area (Å²) in [4.78, 5) is 38.3. The van der Waals surface area contributed by atoms with Crippen LogP contribution in [0.3, 0.4) is 0 Å². The van der Waals surface area contributed by atoms with Crippen molar-refractivity contribution in [3.63, 3.8) is 0 Å². The van der Waals surface area contributed by atoms with Crippen LogP contribution in [-0.4, -0.2) is 37.2 Å². The molecule has 78 heavy (non-hydrogen) atoms. The molecule has 6 nitrogen and oxygen atoms in total. The van der Waals surface area contributed by atoms with Gasteiger partial charge in [0.1, 0.15) is 13.2 Å². The Kier molecular flexibility index (Phi) is 63.2. The van der Waals surface area contributed by atoms with Crippen LogP contribution in [0, 0.1) is 0 Å². The summed E-state index contributed by atoms with van der Waals surface area (Å²) in [6.07, 6.45) is 87.8. The van der Waals surface area contributed by atoms with Gasteiger partial charge >= 0.3 is 17.9 Å². The highest BCUT2D eigenvalue weighted by Crippen LogP contribution is 2.18. The first kappa shape index (κ1) is 74.6. The summed E-state index contributed by atoms with van der Waals surface area (Å²) >= 11 is 0. The molecular formula is C72H126O6. The minimum atomic E-state index is -0.819. The van der Waals surface area contributed by atoms with Crippen LogP contribution in [-0.2, 0) is 28.6 Å². The molecule has 0 aliphatic carbocycles. The summed E-state index contributed by atoms with van der Waals surface area (Å²) in [5, 5.41) is 0. The number of hydrogen-bond donors (Lipinski definition) is 0. The van der Waals surface area contributed by atoms with Gasteiger partial charge in [0, 0.05) is 12.8 Å². The first-order valence-corrected chi connectivity index (χ1v) is 33.6. The van der Waals surface area contributed by atoms with Crippen molar-refractivity contribution in [2.24, 2.45) is 0 Å². The highest BCUT2D eigenvalue weighted by atomic mass is 16.6. The first-order valence-electron chi connectivity index (χ1n) is 33.6. The Morgan fingerprint density at radius 1 is 0.282 bits per heavy atom. The Balaban J connectivity index is 4.34. The van der Waals surface area contributed by atoms with Crippen molar-refractivity contribution in [1.82, 2.24) is 0 Å². The zero-order valence-corrected chi connectivity index (χ0v) is 51.7. The summed E-state index contributed by atoms with van der Waals surface area (Å²) < 4.78 is 16.8. The third kappa shape index (κ3) is 63.4. The van der Waals surface area contributed by atoms with Gasteiger partial charge in [-0.15, -0.1) is 0 Å². The summed E-state index contributed by atoms with van der Waals surface area (Å²) in [6.45, 7) is 6.46. The van der Waals surface area contributed by atoms with E-state index in [0.717, 1.165) is 77.0 Å². The van der Waals surface area contributed by atoms with Gasteiger partial charge in [0.15, 0.2) is 6.10 Å². The Bertz CT molecular complexity index is 1480. The number of hydrogen-bond acceptors (Lipinski definition) is 6. The van der Waals surface area contributed by atoms with Gasteiger partial charge in [-0.05, 0) is 77.0 Å². The Hall–Kier alpha value is -3.41. The second-order valence-electron chi connectivity index (χ2n) is 22.4. The molecule has 6 heteroatoms. The first-order chi connectivity index (χ1) is 38.5. The fourth-order valence-electron chi connectivity index (χ4n) is 9.67. The standard InChI is InChI=1S/C72H126O6/c1-4-7-10-13-16-19-22-25-28-30-32-33-34-35-36-37-38-40-41-44-47-50-53-56-59-62-65-71(74)77-68-69(67-76-70(73)64-61-58-55-52-49-46-43-27-24-21-18-15-12-9-6-3)78-72(75)66-63-60-57-54-51-48-45-42-39-31-29-26-23-20-17-14-11-8-5-2/h9,12,17-18,20-21,26-27,29,43,49,52,58,61,69H,4-8,10-11,13-16,19,22-25,28,30-42,44-48,50-51,53-57,59-60,62-68H2,1-3H3/b12-9-,20-17-,21-18-,29-26-,43-27-,52-49-,61-58-. The van der Waals surface area contributed by atoms with E-state index in [1.165, 1.54) is 218 Å². The smallest absolute Gasteiger partial charge is 0.309 e. The lowest BCUT2D eigenvalue weighted by Gasteiger charge is -2.18. The summed E-state index contributed by atoms with van der Waals surface area (Å²) in [7, 11) is 0. The van der Waals surface area contributed by atoms with Crippen LogP contribution >= 0.6 is 0 Å². The van der Waals surface area contributed by atoms with Crippen LogP contribution in [0.25, 0.3) is 0 Å². The van der Waals surface area contributed by atoms with Crippen LogP contribution < -0.4 is 0 Å². The third-order valence-electron chi connectivity index (χ3n) is 14.7. The van der Waals surface area contributed by atoms with E-state index < -0.39 is 12.1 Å². The monoisotopic (exact) mass is 1090 g/mol. The van der Waals surface area contributed by atoms with E-state index in [2.05, 4.69) is 93.7 Å². The lowest BCUT2D eigenvalue weighted by atomic mass is 10.0. The highest BCUT2D eigenvalue weighted by molar-refractivity contribution is 5.72. The highest BCUT2D eigenvalue weighted by Gasteiger charge is 2.19. The summed E-state index contributed by atoms with van der Waals surface area (Å²) in [6, 6.07) is 0. The number of unbranched alkanes of at least 4 members (excludes halogenated alkanes) is 37. The third-order valence-corrected chi connectivity index (χ3v) is 14.7. The second kappa shape index (κ2) is 66.1. The average Bonchev–Trinajstić information content (AvgIpc) is 3.44. The molecule has 450 valence electrons. The fourth-order valence-corrected chi connectivity index (χ4v) is 9.67. The van der Waals surface area contributed by atoms with Crippen LogP contribution in [0.1, 0.15) is 335 Å². The minimum absolute atomic E-state index is 0.105. The van der Waals surface area contributed by atoms with E-state index in [1.807, 2.05) is 6.08 Å². The maximum atomic E-state index is 12.9. The maximum absolute atomic E-state index is 12.9. The predicted molar refractivity (Wildman–Crippen MR) is 339 cm³/mol. The van der Waals surface area contributed by atoms with Crippen molar-refractivity contribution >= 4 is 17.9 Å². The lowest BCUT2D eigenvalue weighted by molar-refractivity contribution is -0.166. The molecule has 0 saturated carbocycles. The van der Waals surface area contributed by atoms with Gasteiger partial charge in [0.25, 0.3) is 0 Å². The molecular weight excluding hydrogens is 961 g/mol. The van der Waals surface area contributed by atoms with E-state index >= 15 is 0 Å². The number of carbonyl (C=O) groups excluding carboxylic acids is 3. The molecule has 0 aliphatic heterocycles. The normalized spacial score (nSPS) is 12.6. The number of allylic oxidation sites excluding steroid dienone is 13. The van der Waals surface area contributed by atoms with E-state index in [1.54, 1.807) is 6.08 Å². The van der Waals surface area contributed by atoms with Crippen molar-refractivity contribution in [3.05, 3.63) is 85.1 Å². The van der Waals surface area contributed by atoms with E-state index in [4.69, 9.17) is 14.2 Å². The van der Waals surface area contributed by atoms with Crippen molar-refractivity contribution < 1.29 is 28.6 Å². The zero-order chi connectivity index (χ0) is 56.4. The number of ether oxygens (including phenoxy) is 3. The Morgan fingerprint density at radius 2 is 0.551 bits per heavy atom. The van der Waals surface area contributed by atoms with Gasteiger partial charge in [-0.1, -0.05) is 324 Å². The van der Waals surface area contributed by atoms with E-state index in [-0.39, 0.29) is 31.6 Å². The largest absolute Gasteiger partial charge is 0.462 e. The average molecular weight is 1090 g/mol. The van der Waals surface area contributed by atoms with Crippen LogP contribution in [0.15, 0.2) is 85.1 Å². The summed E-state index contributed by atoms with van der Waals surface area (Å²) in [5.41, 5.74) is 0. The molecule has 0 radical (unpaired) electrons. The van der Waals surface area contributed by atoms with Gasteiger partial charge in [-0.2, -0.15) is 0 Å². The van der Waals surface area contributed by atoms with Gasteiger partial charge in [0.05, 0.1) is 6.42 Å². The molecule has 1 atom stereocenters. The zero-order valence-electron chi connectivity index (χ0n) is 51.7. The number of rotatable bonds is 61. The Morgan fingerprint density at radius 3 is 0.923 bits per heavy atom. The quantitative estimate of drug-likeness (QED) is 0.0261. The molecule has 1 unspecified atom stereocenters. The number of esters is 3. The topological polar surface area (TPSA) is 78.9 Å². The van der Waals surface area contributed by atoms with Crippen LogP contribution in [0.5, 0.6) is 0 Å². The van der Waals surface area contributed by atoms with Gasteiger partial charge < -0.3 is 14.2 Å². The molecule has 0 fully saturated rings. The minimum Gasteiger partial charge on any atom is -0.462 e. The molecule has 0 aliphatic rings. The molecule has 0 heterocycles. The molecule has 0 aromatic rings. The molecule has 0 amide bonds. The van der Waals surface area contributed by atoms with E-state index in [0.29, 0.717) is 12.8 Å². The van der Waals surface area contributed by atoms with Gasteiger partial charge in [0.2, 0.25) is 0 Å². The molecule has 0 rings (SSSR count). The van der Waals surface area contributed by atoms with Crippen molar-refractivity contribution in [1.29, 1.82) is 0 Å². The molecule has 0 N–H and O–H groups in total. The number of carbonyl (C=O) groups is 3. The molecule has 0 bridgehead atoms. The van der Waals surface area contributed by atoms with Crippen molar-refractivity contribution in [2.45, 2.75) is 341 Å². The van der Waals surface area contributed by atoms with Crippen molar-refractivity contribution in [3.8, 4) is 0 Å². The summed E-state index contributed by atoms with van der Waals surface area (Å²) in [5.74, 6) is -1.03. The molecule has 0 spiro atoms. The second-order valence-corrected chi connectivity index (χ2v) is 22.4. The SMILES string of the molecule is CC/C=C\C/C=C\C/C=C\C/C=C\C/C=C\CC(=O)OCC(COC(=O)CCCCCCCCCCCCCCCCCCCCCCCCCCCC)OC(=O)CCCCCCCCCCC/C=C\C/C=C\CCCCC. The maximum Gasteiger partial charge on any atom is 0.309 e. The van der Waals surface area contributed by atoms with Gasteiger partial charge in [-0.3, -0.25) is 14.4 Å². The predicted octanol–water partition coefficient (Wildman–Crippen LogP) is 23.1. The van der Waals surface area contributed by atoms with Crippen LogP contribution in [0.2, 0.25) is 0 Å². The van der Waals surface area contributed by atoms with Gasteiger partial charge in [-0.25, -0.2) is 0 Å². The fraction of sp³-hybridized carbons (Fsp3) is 0.764. The molecule has 0 aromatic heterocycles.